The SMILES string of the molecule is Cc1cnc(C2C3CC4CC(C3)CC2C4)c(N)c1. The van der Waals surface area contributed by atoms with Crippen LogP contribution in [0.25, 0.3) is 0 Å². The first-order valence-corrected chi connectivity index (χ1v) is 7.42. The Bertz CT molecular complexity index is 452. The first kappa shape index (κ1) is 10.8. The quantitative estimate of drug-likeness (QED) is 0.818. The van der Waals surface area contributed by atoms with E-state index in [1.165, 1.54) is 43.4 Å². The number of rotatable bonds is 1. The van der Waals surface area contributed by atoms with E-state index in [2.05, 4.69) is 13.0 Å². The minimum Gasteiger partial charge on any atom is -0.397 e. The highest BCUT2D eigenvalue weighted by molar-refractivity contribution is 5.47. The summed E-state index contributed by atoms with van der Waals surface area (Å²) < 4.78 is 0. The summed E-state index contributed by atoms with van der Waals surface area (Å²) in [5.41, 5.74) is 9.57. The van der Waals surface area contributed by atoms with Gasteiger partial charge in [-0.25, -0.2) is 0 Å². The molecule has 18 heavy (non-hydrogen) atoms. The van der Waals surface area contributed by atoms with Crippen molar-refractivity contribution in [3.05, 3.63) is 23.5 Å². The van der Waals surface area contributed by atoms with Crippen LogP contribution in [0.5, 0.6) is 0 Å². The number of aryl methyl sites for hydroxylation is 1. The molecule has 1 heterocycles. The molecule has 0 aromatic carbocycles. The van der Waals surface area contributed by atoms with Crippen LogP contribution in [0.15, 0.2) is 12.3 Å². The molecule has 2 N–H and O–H groups in total. The zero-order chi connectivity index (χ0) is 12.3. The first-order valence-electron chi connectivity index (χ1n) is 7.42. The maximum absolute atomic E-state index is 6.24. The van der Waals surface area contributed by atoms with Crippen LogP contribution in [-0.2, 0) is 0 Å². The maximum atomic E-state index is 6.24. The van der Waals surface area contributed by atoms with Crippen LogP contribution in [-0.4, -0.2) is 4.98 Å². The van der Waals surface area contributed by atoms with Crippen molar-refractivity contribution in [1.82, 2.24) is 4.98 Å². The maximum Gasteiger partial charge on any atom is 0.0669 e. The van der Waals surface area contributed by atoms with Crippen molar-refractivity contribution < 1.29 is 0 Å². The van der Waals surface area contributed by atoms with Gasteiger partial charge in [-0.1, -0.05) is 0 Å². The third-order valence-electron chi connectivity index (χ3n) is 5.63. The first-order chi connectivity index (χ1) is 8.70. The average Bonchev–Trinajstić information content (AvgIpc) is 2.30. The Morgan fingerprint density at radius 3 is 2.22 bits per heavy atom. The minimum atomic E-state index is 0.665. The van der Waals surface area contributed by atoms with Gasteiger partial charge in [0.25, 0.3) is 0 Å². The minimum absolute atomic E-state index is 0.665. The molecule has 0 spiro atoms. The van der Waals surface area contributed by atoms with E-state index in [0.29, 0.717) is 5.92 Å². The van der Waals surface area contributed by atoms with Crippen LogP contribution in [0.1, 0.15) is 49.3 Å². The van der Waals surface area contributed by atoms with E-state index in [1.807, 2.05) is 6.20 Å². The Kier molecular flexibility index (Phi) is 2.24. The lowest BCUT2D eigenvalue weighted by Gasteiger charge is -2.54. The highest BCUT2D eigenvalue weighted by Gasteiger charge is 2.49. The second-order valence-electron chi connectivity index (χ2n) is 6.94. The molecule has 4 aliphatic rings. The van der Waals surface area contributed by atoms with Gasteiger partial charge in [0.1, 0.15) is 0 Å². The van der Waals surface area contributed by atoms with E-state index in [0.717, 1.165) is 29.4 Å². The van der Waals surface area contributed by atoms with Crippen molar-refractivity contribution in [3.63, 3.8) is 0 Å². The zero-order valence-corrected chi connectivity index (χ0v) is 11.1. The second kappa shape index (κ2) is 3.72. The van der Waals surface area contributed by atoms with Crippen molar-refractivity contribution in [2.45, 2.75) is 44.9 Å². The van der Waals surface area contributed by atoms with Crippen molar-refractivity contribution >= 4 is 5.69 Å². The highest BCUT2D eigenvalue weighted by atomic mass is 14.8. The van der Waals surface area contributed by atoms with E-state index >= 15 is 0 Å². The van der Waals surface area contributed by atoms with Gasteiger partial charge in [-0.05, 0) is 74.3 Å². The molecular formula is C16H22N2. The number of nitrogens with zero attached hydrogens (tertiary/aromatic N) is 1. The summed E-state index contributed by atoms with van der Waals surface area (Å²) in [5.74, 6) is 4.46. The molecule has 2 heteroatoms. The molecule has 1 aromatic heterocycles. The largest absolute Gasteiger partial charge is 0.397 e. The molecule has 0 radical (unpaired) electrons. The lowest BCUT2D eigenvalue weighted by atomic mass is 9.51. The van der Waals surface area contributed by atoms with Gasteiger partial charge in [-0.2, -0.15) is 0 Å². The lowest BCUT2D eigenvalue weighted by Crippen LogP contribution is -2.44. The van der Waals surface area contributed by atoms with Crippen molar-refractivity contribution in [1.29, 1.82) is 0 Å². The van der Waals surface area contributed by atoms with Gasteiger partial charge in [0.15, 0.2) is 0 Å². The highest BCUT2D eigenvalue weighted by Crippen LogP contribution is 2.60. The molecule has 1 aromatic rings. The normalized spacial score (nSPS) is 41.3. The Morgan fingerprint density at radius 2 is 1.67 bits per heavy atom. The van der Waals surface area contributed by atoms with Crippen LogP contribution in [0.2, 0.25) is 0 Å². The monoisotopic (exact) mass is 242 g/mol. The molecule has 5 rings (SSSR count). The van der Waals surface area contributed by atoms with Gasteiger partial charge in [-0.15, -0.1) is 0 Å². The molecule has 0 saturated heterocycles. The fourth-order valence-corrected chi connectivity index (χ4v) is 5.25. The number of pyridine rings is 1. The van der Waals surface area contributed by atoms with Gasteiger partial charge in [0.2, 0.25) is 0 Å². The Labute approximate surface area is 109 Å². The van der Waals surface area contributed by atoms with Crippen molar-refractivity contribution in [3.8, 4) is 0 Å². The molecule has 2 nitrogen and oxygen atoms in total. The number of anilines is 1. The summed E-state index contributed by atoms with van der Waals surface area (Å²) >= 11 is 0. The van der Waals surface area contributed by atoms with Crippen LogP contribution in [0.4, 0.5) is 5.69 Å². The molecule has 0 amide bonds. The lowest BCUT2D eigenvalue weighted by molar-refractivity contribution is -0.00390. The number of hydrogen-bond donors (Lipinski definition) is 1. The van der Waals surface area contributed by atoms with Gasteiger partial charge in [0, 0.05) is 12.1 Å². The number of nitrogens with two attached hydrogens (primary N) is 1. The predicted octanol–water partition coefficient (Wildman–Crippen LogP) is 3.51. The molecule has 4 aliphatic carbocycles. The van der Waals surface area contributed by atoms with E-state index < -0.39 is 0 Å². The summed E-state index contributed by atoms with van der Waals surface area (Å²) in [6.45, 7) is 2.07. The standard InChI is InChI=1S/C16H22N2/c1-9-2-14(17)16(18-8-9)15-12-4-10-3-11(6-12)7-13(15)5-10/h2,8,10-13,15H,3-7,17H2,1H3. The molecule has 0 atom stereocenters. The van der Waals surface area contributed by atoms with E-state index in [4.69, 9.17) is 10.7 Å². The number of nitrogen functional groups attached to an aromatic ring is 1. The molecule has 4 saturated carbocycles. The second-order valence-corrected chi connectivity index (χ2v) is 6.94. The molecule has 0 aliphatic heterocycles. The molecule has 96 valence electrons. The van der Waals surface area contributed by atoms with Gasteiger partial charge < -0.3 is 5.73 Å². The molecule has 4 fully saturated rings. The smallest absolute Gasteiger partial charge is 0.0669 e. The summed E-state index contributed by atoms with van der Waals surface area (Å²) in [5, 5.41) is 0. The van der Waals surface area contributed by atoms with Crippen molar-refractivity contribution in [2.75, 3.05) is 5.73 Å². The predicted molar refractivity (Wildman–Crippen MR) is 73.2 cm³/mol. The van der Waals surface area contributed by atoms with Crippen LogP contribution in [0.3, 0.4) is 0 Å². The third kappa shape index (κ3) is 1.51. The van der Waals surface area contributed by atoms with Gasteiger partial charge in [0.05, 0.1) is 11.4 Å². The Hall–Kier alpha value is -1.05. The summed E-state index contributed by atoms with van der Waals surface area (Å²) in [6, 6.07) is 2.10. The summed E-state index contributed by atoms with van der Waals surface area (Å²) in [6.07, 6.45) is 9.26. The molecular weight excluding hydrogens is 220 g/mol. The molecule has 0 unspecified atom stereocenters. The van der Waals surface area contributed by atoms with Gasteiger partial charge in [-0.3, -0.25) is 4.98 Å². The average molecular weight is 242 g/mol. The fourth-order valence-electron chi connectivity index (χ4n) is 5.25. The van der Waals surface area contributed by atoms with E-state index in [1.54, 1.807) is 0 Å². The molecule has 4 bridgehead atoms. The van der Waals surface area contributed by atoms with E-state index in [9.17, 15) is 0 Å². The van der Waals surface area contributed by atoms with Crippen LogP contribution >= 0.6 is 0 Å². The van der Waals surface area contributed by atoms with Crippen LogP contribution < -0.4 is 5.73 Å². The summed E-state index contributed by atoms with van der Waals surface area (Å²) in [7, 11) is 0. The Morgan fingerprint density at radius 1 is 1.06 bits per heavy atom. The number of aromatic nitrogens is 1. The third-order valence-corrected chi connectivity index (χ3v) is 5.63. The topological polar surface area (TPSA) is 38.9 Å². The van der Waals surface area contributed by atoms with Crippen LogP contribution in [0, 0.1) is 30.6 Å². The summed E-state index contributed by atoms with van der Waals surface area (Å²) in [4.78, 5) is 4.70. The fraction of sp³-hybridized carbons (Fsp3) is 0.688. The Balaban J connectivity index is 1.72. The zero-order valence-electron chi connectivity index (χ0n) is 11.1. The number of hydrogen-bond acceptors (Lipinski definition) is 2. The van der Waals surface area contributed by atoms with Crippen molar-refractivity contribution in [2.24, 2.45) is 23.7 Å². The van der Waals surface area contributed by atoms with E-state index in [-0.39, 0.29) is 0 Å². The van der Waals surface area contributed by atoms with Gasteiger partial charge >= 0.3 is 0 Å².